The number of unbranched alkanes of at least 4 members (excludes halogenated alkanes) is 1. The van der Waals surface area contributed by atoms with E-state index in [1.54, 1.807) is 73.7 Å². The van der Waals surface area contributed by atoms with E-state index in [2.05, 4.69) is 27.9 Å². The molecule has 10 heteroatoms. The van der Waals surface area contributed by atoms with Gasteiger partial charge in [-0.15, -0.1) is 0 Å². The quantitative estimate of drug-likeness (QED) is 0.205. The number of amides is 2. The minimum atomic E-state index is -4.07. The normalized spacial score (nSPS) is 12.0. The first-order valence-electron chi connectivity index (χ1n) is 12.3. The molecule has 2 amide bonds. The molecular weight excluding hydrogens is 637 g/mol. The molecule has 0 fully saturated rings. The van der Waals surface area contributed by atoms with Crippen LogP contribution in [0.1, 0.15) is 32.3 Å². The second-order valence-corrected chi connectivity index (χ2v) is 12.3. The van der Waals surface area contributed by atoms with Gasteiger partial charge in [0.1, 0.15) is 12.6 Å². The lowest BCUT2D eigenvalue weighted by molar-refractivity contribution is -0.139. The molecule has 1 atom stereocenters. The predicted octanol–water partition coefficient (Wildman–Crippen LogP) is 5.47. The average molecular weight is 668 g/mol. The third kappa shape index (κ3) is 7.94. The van der Waals surface area contributed by atoms with Crippen molar-refractivity contribution in [3.05, 3.63) is 93.0 Å². The Bertz CT molecular complexity index is 1320. The minimum Gasteiger partial charge on any atom is -0.354 e. The van der Waals surface area contributed by atoms with E-state index in [4.69, 9.17) is 11.6 Å². The molecule has 1 unspecified atom stereocenters. The summed E-state index contributed by atoms with van der Waals surface area (Å²) in [5, 5.41) is 3.43. The van der Waals surface area contributed by atoms with Crippen LogP contribution in [0.3, 0.4) is 0 Å². The van der Waals surface area contributed by atoms with Crippen molar-refractivity contribution in [2.24, 2.45) is 0 Å². The fraction of sp³-hybridized carbons (Fsp3) is 0.286. The summed E-state index contributed by atoms with van der Waals surface area (Å²) >= 11 is 8.17. The van der Waals surface area contributed by atoms with Gasteiger partial charge in [0.05, 0.1) is 10.6 Å². The molecule has 202 valence electrons. The van der Waals surface area contributed by atoms with Crippen LogP contribution in [0, 0.1) is 3.57 Å². The number of carbonyl (C=O) groups is 2. The Morgan fingerprint density at radius 2 is 1.61 bits per heavy atom. The second kappa shape index (κ2) is 14.0. The van der Waals surface area contributed by atoms with Crippen molar-refractivity contribution in [1.29, 1.82) is 0 Å². The summed E-state index contributed by atoms with van der Waals surface area (Å²) < 4.78 is 29.4. The number of anilines is 1. The maximum Gasteiger partial charge on any atom is 0.264 e. The fourth-order valence-electron chi connectivity index (χ4n) is 3.76. The van der Waals surface area contributed by atoms with Crippen LogP contribution >= 0.6 is 34.2 Å². The van der Waals surface area contributed by atoms with Gasteiger partial charge in [0.2, 0.25) is 11.8 Å². The maximum atomic E-state index is 13.8. The topological polar surface area (TPSA) is 86.8 Å². The standard InChI is InChI=1S/C28H31ClIN3O4S/c1-3-4-18-31-28(35)21(2)32(19-22-10-12-23(29)13-11-22)27(34)20-33(25-16-14-24(30)15-17-25)38(36,37)26-8-6-5-7-9-26/h5-17,21H,3-4,18-20H2,1-2H3,(H,31,35). The molecule has 0 aliphatic carbocycles. The highest BCUT2D eigenvalue weighted by molar-refractivity contribution is 14.1. The molecule has 0 aliphatic heterocycles. The summed E-state index contributed by atoms with van der Waals surface area (Å²) in [6.07, 6.45) is 1.74. The van der Waals surface area contributed by atoms with Gasteiger partial charge in [0, 0.05) is 21.7 Å². The number of halogens is 2. The van der Waals surface area contributed by atoms with E-state index in [9.17, 15) is 18.0 Å². The molecule has 0 saturated carbocycles. The monoisotopic (exact) mass is 667 g/mol. The molecule has 38 heavy (non-hydrogen) atoms. The molecule has 0 bridgehead atoms. The predicted molar refractivity (Wildman–Crippen MR) is 160 cm³/mol. The van der Waals surface area contributed by atoms with Crippen LogP contribution in [0.15, 0.2) is 83.8 Å². The van der Waals surface area contributed by atoms with Crippen molar-refractivity contribution < 1.29 is 18.0 Å². The van der Waals surface area contributed by atoms with Crippen LogP contribution in [0.2, 0.25) is 5.02 Å². The van der Waals surface area contributed by atoms with Crippen LogP contribution in [0.4, 0.5) is 5.69 Å². The summed E-state index contributed by atoms with van der Waals surface area (Å²) in [5.74, 6) is -0.802. The van der Waals surface area contributed by atoms with Gasteiger partial charge in [-0.3, -0.25) is 13.9 Å². The van der Waals surface area contributed by atoms with Crippen LogP contribution in [-0.2, 0) is 26.2 Å². The SMILES string of the molecule is CCCCNC(=O)C(C)N(Cc1ccc(Cl)cc1)C(=O)CN(c1ccc(I)cc1)S(=O)(=O)c1ccccc1. The maximum absolute atomic E-state index is 13.8. The third-order valence-electron chi connectivity index (χ3n) is 5.99. The van der Waals surface area contributed by atoms with E-state index in [1.165, 1.54) is 17.0 Å². The van der Waals surface area contributed by atoms with Gasteiger partial charge in [-0.1, -0.05) is 55.3 Å². The van der Waals surface area contributed by atoms with E-state index in [-0.39, 0.29) is 17.3 Å². The zero-order valence-corrected chi connectivity index (χ0v) is 25.0. The van der Waals surface area contributed by atoms with Gasteiger partial charge in [-0.25, -0.2) is 8.42 Å². The first-order valence-corrected chi connectivity index (χ1v) is 15.2. The van der Waals surface area contributed by atoms with Crippen LogP contribution in [0.25, 0.3) is 0 Å². The highest BCUT2D eigenvalue weighted by Crippen LogP contribution is 2.25. The first-order chi connectivity index (χ1) is 18.1. The van der Waals surface area contributed by atoms with E-state index < -0.39 is 28.5 Å². The number of hydrogen-bond donors (Lipinski definition) is 1. The van der Waals surface area contributed by atoms with Crippen molar-refractivity contribution in [3.8, 4) is 0 Å². The zero-order valence-electron chi connectivity index (χ0n) is 21.3. The summed E-state index contributed by atoms with van der Waals surface area (Å²) in [5.41, 5.74) is 1.12. The molecule has 0 aromatic heterocycles. The second-order valence-electron chi connectivity index (χ2n) is 8.77. The molecule has 0 radical (unpaired) electrons. The summed E-state index contributed by atoms with van der Waals surface area (Å²) in [6.45, 7) is 3.82. The third-order valence-corrected chi connectivity index (χ3v) is 8.75. The number of rotatable bonds is 12. The summed E-state index contributed by atoms with van der Waals surface area (Å²) in [6, 6.07) is 21.0. The number of hydrogen-bond acceptors (Lipinski definition) is 4. The minimum absolute atomic E-state index is 0.0703. The lowest BCUT2D eigenvalue weighted by atomic mass is 10.1. The summed E-state index contributed by atoms with van der Waals surface area (Å²) in [7, 11) is -4.07. The number of sulfonamides is 1. The molecule has 3 aromatic carbocycles. The van der Waals surface area contributed by atoms with Gasteiger partial charge >= 0.3 is 0 Å². The Labute approximate surface area is 243 Å². The van der Waals surface area contributed by atoms with E-state index in [1.807, 2.05) is 6.92 Å². The Morgan fingerprint density at radius 3 is 2.21 bits per heavy atom. The van der Waals surface area contributed by atoms with Crippen LogP contribution < -0.4 is 9.62 Å². The zero-order chi connectivity index (χ0) is 27.7. The van der Waals surface area contributed by atoms with Crippen LogP contribution in [-0.4, -0.2) is 44.3 Å². The van der Waals surface area contributed by atoms with Crippen molar-refractivity contribution in [3.63, 3.8) is 0 Å². The van der Waals surface area contributed by atoms with E-state index in [0.717, 1.165) is 26.3 Å². The molecule has 0 heterocycles. The first kappa shape index (κ1) is 29.9. The number of carbonyl (C=O) groups excluding carboxylic acids is 2. The van der Waals surface area contributed by atoms with Crippen molar-refractivity contribution in [2.45, 2.75) is 44.2 Å². The Hall–Kier alpha value is -2.63. The average Bonchev–Trinajstić information content (AvgIpc) is 2.92. The van der Waals surface area contributed by atoms with Gasteiger partial charge in [0.15, 0.2) is 0 Å². The smallest absolute Gasteiger partial charge is 0.264 e. The largest absolute Gasteiger partial charge is 0.354 e. The van der Waals surface area contributed by atoms with Gasteiger partial charge < -0.3 is 10.2 Å². The molecule has 7 nitrogen and oxygen atoms in total. The molecular formula is C28H31ClIN3O4S. The van der Waals surface area contributed by atoms with Crippen molar-refractivity contribution in [1.82, 2.24) is 10.2 Å². The van der Waals surface area contributed by atoms with Gasteiger partial charge in [0.25, 0.3) is 10.0 Å². The molecule has 1 N–H and O–H groups in total. The number of benzene rings is 3. The fourth-order valence-corrected chi connectivity index (χ4v) is 5.68. The lowest BCUT2D eigenvalue weighted by Gasteiger charge is -2.32. The molecule has 0 aliphatic rings. The van der Waals surface area contributed by atoms with E-state index >= 15 is 0 Å². The van der Waals surface area contributed by atoms with Gasteiger partial charge in [-0.2, -0.15) is 0 Å². The molecule has 0 spiro atoms. The summed E-state index contributed by atoms with van der Waals surface area (Å²) in [4.78, 5) is 28.3. The van der Waals surface area contributed by atoms with E-state index in [0.29, 0.717) is 17.3 Å². The molecule has 3 rings (SSSR count). The molecule has 3 aromatic rings. The Kier molecular flexibility index (Phi) is 11.0. The Balaban J connectivity index is 1.97. The van der Waals surface area contributed by atoms with Gasteiger partial charge in [-0.05, 0) is 90.0 Å². The van der Waals surface area contributed by atoms with Crippen molar-refractivity contribution in [2.75, 3.05) is 17.4 Å². The number of nitrogens with zero attached hydrogens (tertiary/aromatic N) is 2. The highest BCUT2D eigenvalue weighted by atomic mass is 127. The number of nitrogens with one attached hydrogen (secondary N) is 1. The Morgan fingerprint density at radius 1 is 0.974 bits per heavy atom. The highest BCUT2D eigenvalue weighted by Gasteiger charge is 2.32. The van der Waals surface area contributed by atoms with Crippen LogP contribution in [0.5, 0.6) is 0 Å². The lowest BCUT2D eigenvalue weighted by Crippen LogP contribution is -2.51. The molecule has 0 saturated heterocycles. The van der Waals surface area contributed by atoms with Crippen molar-refractivity contribution >= 4 is 61.7 Å².